The van der Waals surface area contributed by atoms with Crippen LogP contribution in [-0.4, -0.2) is 52.0 Å². The third kappa shape index (κ3) is 3.20. The Labute approximate surface area is 170 Å². The predicted octanol–water partition coefficient (Wildman–Crippen LogP) is 3.17. The van der Waals surface area contributed by atoms with Crippen molar-refractivity contribution in [2.45, 2.75) is 50.5 Å². The molecule has 4 heterocycles. The zero-order valence-electron chi connectivity index (χ0n) is 16.6. The number of benzene rings is 1. The Kier molecular flexibility index (Phi) is 4.26. The molecule has 0 spiro atoms. The monoisotopic (exact) mass is 420 g/mol. The van der Waals surface area contributed by atoms with Crippen molar-refractivity contribution in [1.82, 2.24) is 15.3 Å². The van der Waals surface area contributed by atoms with Crippen LogP contribution in [0, 0.1) is 0 Å². The van der Waals surface area contributed by atoms with E-state index in [1.54, 1.807) is 0 Å². The number of hydrogen-bond acceptors (Lipinski definition) is 8. The summed E-state index contributed by atoms with van der Waals surface area (Å²) >= 11 is 0. The molecule has 0 saturated carbocycles. The third-order valence-corrected chi connectivity index (χ3v) is 5.60. The highest BCUT2D eigenvalue weighted by molar-refractivity contribution is 5.93. The maximum Gasteiger partial charge on any atom is 0.426 e. The lowest BCUT2D eigenvalue weighted by Gasteiger charge is -2.31. The minimum absolute atomic E-state index is 0.121. The van der Waals surface area contributed by atoms with Crippen LogP contribution in [-0.2, 0) is 0 Å². The van der Waals surface area contributed by atoms with Gasteiger partial charge in [0.15, 0.2) is 22.5 Å². The van der Waals surface area contributed by atoms with Gasteiger partial charge in [0.05, 0.1) is 11.8 Å². The summed E-state index contributed by atoms with van der Waals surface area (Å²) in [6.07, 6.45) is 1.22. The normalized spacial score (nSPS) is 22.1. The molecule has 2 N–H and O–H groups in total. The fourth-order valence-electron chi connectivity index (χ4n) is 3.93. The number of halogens is 2. The summed E-state index contributed by atoms with van der Waals surface area (Å²) in [5, 5.41) is 13.3. The number of nitrogens with zero attached hydrogens (tertiary/aromatic N) is 3. The number of oxazole rings is 2. The van der Waals surface area contributed by atoms with Crippen LogP contribution in [0.2, 0.25) is 0 Å². The van der Waals surface area contributed by atoms with Crippen molar-refractivity contribution in [2.75, 3.05) is 18.0 Å². The molecule has 2 unspecified atom stereocenters. The number of aliphatic hydroxyl groups is 1. The molecule has 2 aromatic heterocycles. The quantitative estimate of drug-likeness (QED) is 0.650. The first kappa shape index (κ1) is 19.3. The van der Waals surface area contributed by atoms with E-state index in [4.69, 9.17) is 13.6 Å². The Morgan fingerprint density at radius 2 is 1.97 bits per heavy atom. The van der Waals surface area contributed by atoms with Crippen LogP contribution < -0.4 is 15.0 Å². The molecule has 5 rings (SSSR count). The van der Waals surface area contributed by atoms with Crippen LogP contribution in [0.1, 0.15) is 26.7 Å². The maximum absolute atomic E-state index is 14.4. The van der Waals surface area contributed by atoms with Crippen LogP contribution in [0.25, 0.3) is 22.6 Å². The zero-order chi connectivity index (χ0) is 21.1. The van der Waals surface area contributed by atoms with Gasteiger partial charge in [-0.1, -0.05) is 0 Å². The van der Waals surface area contributed by atoms with Crippen LogP contribution in [0.3, 0.4) is 0 Å². The topological polar surface area (TPSA) is 96.8 Å². The Balaban J connectivity index is 1.60. The van der Waals surface area contributed by atoms with Crippen LogP contribution in [0.4, 0.5) is 14.8 Å². The highest BCUT2D eigenvalue weighted by atomic mass is 19.3. The summed E-state index contributed by atoms with van der Waals surface area (Å²) < 4.78 is 45.1. The minimum Gasteiger partial charge on any atom is -0.444 e. The minimum atomic E-state index is -3.84. The lowest BCUT2D eigenvalue weighted by atomic mass is 10.1. The van der Waals surface area contributed by atoms with E-state index in [0.29, 0.717) is 36.8 Å². The molecule has 0 radical (unpaired) electrons. The summed E-state index contributed by atoms with van der Waals surface area (Å²) in [4.78, 5) is 10.6. The molecule has 2 atom stereocenters. The van der Waals surface area contributed by atoms with Gasteiger partial charge in [0.25, 0.3) is 6.01 Å². The predicted molar refractivity (Wildman–Crippen MR) is 104 cm³/mol. The Hall–Kier alpha value is -2.72. The first-order valence-corrected chi connectivity index (χ1v) is 9.85. The molecule has 2 aliphatic rings. The van der Waals surface area contributed by atoms with Crippen molar-refractivity contribution in [3.63, 3.8) is 0 Å². The van der Waals surface area contributed by atoms with E-state index in [9.17, 15) is 13.9 Å². The van der Waals surface area contributed by atoms with E-state index < -0.39 is 11.7 Å². The summed E-state index contributed by atoms with van der Waals surface area (Å²) in [6, 6.07) is 3.91. The number of rotatable bonds is 5. The highest BCUT2D eigenvalue weighted by Crippen LogP contribution is 2.40. The van der Waals surface area contributed by atoms with Gasteiger partial charge < -0.3 is 28.9 Å². The SMILES string of the molecule is CC(C)(O)C(F)(F)Oc1ccc(-c2ncco2)c2oc(N3CC4CCC(C3)N4)nc12. The molecule has 2 aliphatic heterocycles. The summed E-state index contributed by atoms with van der Waals surface area (Å²) in [7, 11) is 0. The fraction of sp³-hybridized carbons (Fsp3) is 0.500. The van der Waals surface area contributed by atoms with Gasteiger partial charge in [-0.25, -0.2) is 4.98 Å². The van der Waals surface area contributed by atoms with E-state index in [0.717, 1.165) is 26.7 Å². The Morgan fingerprint density at radius 3 is 2.60 bits per heavy atom. The van der Waals surface area contributed by atoms with Gasteiger partial charge in [-0.2, -0.15) is 13.8 Å². The van der Waals surface area contributed by atoms with Gasteiger partial charge in [-0.05, 0) is 38.8 Å². The number of ether oxygens (including phenoxy) is 1. The largest absolute Gasteiger partial charge is 0.444 e. The molecule has 30 heavy (non-hydrogen) atoms. The standard InChI is InChI=1S/C20H22F2N4O4/c1-19(2,27)20(21,22)30-14-6-5-13(17-23-7-8-28-17)16-15(14)25-18(29-16)26-9-11-3-4-12(10-26)24-11/h5-8,11-12,24,27H,3-4,9-10H2,1-2H3. The van der Waals surface area contributed by atoms with Gasteiger partial charge in [-0.15, -0.1) is 0 Å². The summed E-state index contributed by atoms with van der Waals surface area (Å²) in [6.45, 7) is 3.40. The molecule has 2 saturated heterocycles. The average molecular weight is 420 g/mol. The summed E-state index contributed by atoms with van der Waals surface area (Å²) in [5.41, 5.74) is -1.55. The van der Waals surface area contributed by atoms with Crippen molar-refractivity contribution < 1.29 is 27.5 Å². The first-order valence-electron chi connectivity index (χ1n) is 9.85. The molecule has 8 nitrogen and oxygen atoms in total. The van der Waals surface area contributed by atoms with Gasteiger partial charge in [0.1, 0.15) is 6.26 Å². The van der Waals surface area contributed by atoms with Gasteiger partial charge in [0.2, 0.25) is 5.89 Å². The molecular formula is C20H22F2N4O4. The average Bonchev–Trinajstić information content (AvgIpc) is 3.41. The number of fused-ring (bicyclic) bond motifs is 3. The second-order valence-corrected chi connectivity index (χ2v) is 8.34. The van der Waals surface area contributed by atoms with Crippen molar-refractivity contribution in [2.24, 2.45) is 0 Å². The molecule has 3 aromatic rings. The number of hydrogen-bond donors (Lipinski definition) is 2. The number of nitrogens with one attached hydrogen (secondary N) is 1. The van der Waals surface area contributed by atoms with Gasteiger partial charge in [-0.3, -0.25) is 0 Å². The third-order valence-electron chi connectivity index (χ3n) is 5.60. The van der Waals surface area contributed by atoms with Crippen LogP contribution in [0.15, 0.2) is 33.4 Å². The summed E-state index contributed by atoms with van der Waals surface area (Å²) in [5.74, 6) is 0.0874. The van der Waals surface area contributed by atoms with Crippen molar-refractivity contribution in [1.29, 1.82) is 0 Å². The Bertz CT molecular complexity index is 1050. The van der Waals surface area contributed by atoms with Crippen LogP contribution in [0.5, 0.6) is 5.75 Å². The highest BCUT2D eigenvalue weighted by Gasteiger charge is 2.49. The second-order valence-electron chi connectivity index (χ2n) is 8.34. The number of alkyl halides is 2. The molecule has 0 amide bonds. The zero-order valence-corrected chi connectivity index (χ0v) is 16.6. The number of aromatic nitrogens is 2. The van der Waals surface area contributed by atoms with Crippen LogP contribution >= 0.6 is 0 Å². The fourth-order valence-corrected chi connectivity index (χ4v) is 3.93. The Morgan fingerprint density at radius 1 is 1.23 bits per heavy atom. The van der Waals surface area contributed by atoms with E-state index in [-0.39, 0.29) is 22.7 Å². The lowest BCUT2D eigenvalue weighted by molar-refractivity contribution is -0.275. The molecular weight excluding hydrogens is 398 g/mol. The molecule has 10 heteroatoms. The van der Waals surface area contributed by atoms with E-state index >= 15 is 0 Å². The van der Waals surface area contributed by atoms with Gasteiger partial charge >= 0.3 is 6.11 Å². The van der Waals surface area contributed by atoms with E-state index in [1.165, 1.54) is 24.6 Å². The first-order chi connectivity index (χ1) is 14.2. The van der Waals surface area contributed by atoms with Gasteiger partial charge in [0, 0.05) is 25.2 Å². The smallest absolute Gasteiger partial charge is 0.426 e. The van der Waals surface area contributed by atoms with E-state index in [2.05, 4.69) is 15.3 Å². The molecule has 2 fully saturated rings. The second kappa shape index (κ2) is 6.64. The van der Waals surface area contributed by atoms with Crippen molar-refractivity contribution >= 4 is 17.1 Å². The maximum atomic E-state index is 14.4. The molecule has 160 valence electrons. The van der Waals surface area contributed by atoms with Crippen molar-refractivity contribution in [3.05, 3.63) is 24.6 Å². The molecule has 1 aromatic carbocycles. The molecule has 0 aliphatic carbocycles. The number of piperazine rings is 1. The van der Waals surface area contributed by atoms with E-state index in [1.807, 2.05) is 4.90 Å². The van der Waals surface area contributed by atoms with Crippen molar-refractivity contribution in [3.8, 4) is 17.2 Å². The lowest BCUT2D eigenvalue weighted by Crippen LogP contribution is -2.51. The number of anilines is 1. The molecule has 2 bridgehead atoms.